The Morgan fingerprint density at radius 3 is 2.36 bits per heavy atom. The zero-order chi connectivity index (χ0) is 18.2. The number of sulfone groups is 1. The summed E-state index contributed by atoms with van der Waals surface area (Å²) >= 11 is 0. The molecule has 2 aliphatic rings. The first-order chi connectivity index (χ1) is 11.8. The summed E-state index contributed by atoms with van der Waals surface area (Å²) < 4.78 is 24.6. The lowest BCUT2D eigenvalue weighted by atomic mass is 10.0. The Bertz CT molecular complexity index is 748. The Balaban J connectivity index is 1.78. The molecule has 2 aliphatic heterocycles. The molecule has 0 aliphatic carbocycles. The number of hydrogen-bond donors (Lipinski definition) is 0. The maximum Gasteiger partial charge on any atom is 0.236 e. The topological polar surface area (TPSA) is 60.9 Å². The number of amides is 1. The number of carbonyl (C=O) groups excluding carboxylic acids is 1. The van der Waals surface area contributed by atoms with Crippen molar-refractivity contribution in [3.8, 4) is 0 Å². The van der Waals surface area contributed by atoms with Crippen molar-refractivity contribution in [2.75, 3.05) is 45.2 Å². The molecule has 0 radical (unpaired) electrons. The molecule has 1 aromatic carbocycles. The van der Waals surface area contributed by atoms with Crippen LogP contribution in [0.25, 0.3) is 0 Å². The van der Waals surface area contributed by atoms with Gasteiger partial charge in [-0.1, -0.05) is 24.3 Å². The van der Waals surface area contributed by atoms with Gasteiger partial charge in [-0.05, 0) is 18.1 Å². The minimum absolute atomic E-state index is 0.0235. The summed E-state index contributed by atoms with van der Waals surface area (Å²) in [4.78, 5) is 18.0. The van der Waals surface area contributed by atoms with Gasteiger partial charge in [0, 0.05) is 45.8 Å². The van der Waals surface area contributed by atoms with Gasteiger partial charge in [-0.15, -0.1) is 0 Å². The standard InChI is InChI=1S/C18H27N3O3S/c1-14-6-4-5-7-15(14)10-20-8-9-21(11-18(22)19(2)3)17-13-25(23,24)12-16(17)20/h4-7,16-17H,8-13H2,1-3H3/t16-,17+/m1/s1. The molecule has 2 fully saturated rings. The number of fused-ring (bicyclic) bond motifs is 1. The zero-order valence-electron chi connectivity index (χ0n) is 15.2. The number of carbonyl (C=O) groups is 1. The highest BCUT2D eigenvalue weighted by molar-refractivity contribution is 7.91. The van der Waals surface area contributed by atoms with E-state index in [2.05, 4.69) is 28.9 Å². The maximum atomic E-state index is 12.3. The predicted molar refractivity (Wildman–Crippen MR) is 98.1 cm³/mol. The van der Waals surface area contributed by atoms with Crippen molar-refractivity contribution in [2.24, 2.45) is 0 Å². The minimum Gasteiger partial charge on any atom is -0.348 e. The van der Waals surface area contributed by atoms with E-state index in [9.17, 15) is 13.2 Å². The molecule has 7 heteroatoms. The van der Waals surface area contributed by atoms with Crippen molar-refractivity contribution in [3.05, 3.63) is 35.4 Å². The lowest BCUT2D eigenvalue weighted by molar-refractivity contribution is -0.131. The molecule has 0 saturated carbocycles. The average Bonchev–Trinajstić information content (AvgIpc) is 2.87. The third kappa shape index (κ3) is 4.04. The number of piperazine rings is 1. The molecule has 0 bridgehead atoms. The van der Waals surface area contributed by atoms with Crippen LogP contribution in [-0.2, 0) is 21.2 Å². The molecule has 3 rings (SSSR count). The van der Waals surface area contributed by atoms with Gasteiger partial charge in [0.2, 0.25) is 5.91 Å². The molecule has 0 unspecified atom stereocenters. The van der Waals surface area contributed by atoms with Crippen LogP contribution in [0.3, 0.4) is 0 Å². The molecule has 2 saturated heterocycles. The van der Waals surface area contributed by atoms with E-state index in [1.54, 1.807) is 19.0 Å². The zero-order valence-corrected chi connectivity index (χ0v) is 16.0. The summed E-state index contributed by atoms with van der Waals surface area (Å²) in [5.74, 6) is 0.370. The van der Waals surface area contributed by atoms with E-state index in [1.165, 1.54) is 11.1 Å². The van der Waals surface area contributed by atoms with Crippen LogP contribution in [0.15, 0.2) is 24.3 Å². The van der Waals surface area contributed by atoms with Crippen molar-refractivity contribution < 1.29 is 13.2 Å². The van der Waals surface area contributed by atoms with E-state index in [1.807, 2.05) is 12.1 Å². The van der Waals surface area contributed by atoms with Crippen molar-refractivity contribution in [2.45, 2.75) is 25.6 Å². The smallest absolute Gasteiger partial charge is 0.236 e. The van der Waals surface area contributed by atoms with Gasteiger partial charge in [0.1, 0.15) is 0 Å². The Labute approximate surface area is 150 Å². The molecule has 138 valence electrons. The number of likely N-dealkylation sites (N-methyl/N-ethyl adjacent to an activating group) is 1. The first kappa shape index (κ1) is 18.4. The molecular weight excluding hydrogens is 338 g/mol. The second kappa shape index (κ2) is 7.05. The fraction of sp³-hybridized carbons (Fsp3) is 0.611. The second-order valence-corrected chi connectivity index (χ2v) is 9.52. The molecule has 1 amide bonds. The first-order valence-electron chi connectivity index (χ1n) is 8.70. The highest BCUT2D eigenvalue weighted by Gasteiger charge is 2.46. The van der Waals surface area contributed by atoms with Crippen LogP contribution in [0.1, 0.15) is 11.1 Å². The summed E-state index contributed by atoms with van der Waals surface area (Å²) in [6.45, 7) is 4.65. The van der Waals surface area contributed by atoms with E-state index in [0.717, 1.165) is 19.6 Å². The number of aryl methyl sites for hydroxylation is 1. The first-order valence-corrected chi connectivity index (χ1v) is 10.5. The fourth-order valence-corrected chi connectivity index (χ4v) is 5.85. The minimum atomic E-state index is -3.06. The van der Waals surface area contributed by atoms with E-state index in [4.69, 9.17) is 0 Å². The Morgan fingerprint density at radius 2 is 1.72 bits per heavy atom. The van der Waals surface area contributed by atoms with E-state index >= 15 is 0 Å². The molecule has 0 aromatic heterocycles. The van der Waals surface area contributed by atoms with Crippen LogP contribution < -0.4 is 0 Å². The van der Waals surface area contributed by atoms with E-state index in [-0.39, 0.29) is 29.5 Å². The van der Waals surface area contributed by atoms with Crippen LogP contribution in [0.4, 0.5) is 0 Å². The summed E-state index contributed by atoms with van der Waals surface area (Å²) in [7, 11) is 0.410. The third-order valence-electron chi connectivity index (χ3n) is 5.38. The molecule has 25 heavy (non-hydrogen) atoms. The van der Waals surface area contributed by atoms with E-state index < -0.39 is 9.84 Å². The van der Waals surface area contributed by atoms with E-state index in [0.29, 0.717) is 6.54 Å². The molecule has 2 heterocycles. The third-order valence-corrected chi connectivity index (χ3v) is 7.08. The van der Waals surface area contributed by atoms with Crippen molar-refractivity contribution >= 4 is 15.7 Å². The van der Waals surface area contributed by atoms with Gasteiger partial charge in [0.05, 0.1) is 18.1 Å². The van der Waals surface area contributed by atoms with Gasteiger partial charge in [-0.25, -0.2) is 8.42 Å². The normalized spacial score (nSPS) is 26.4. The average molecular weight is 365 g/mol. The SMILES string of the molecule is Cc1ccccc1CN1CCN(CC(=O)N(C)C)[C@H]2CS(=O)(=O)C[C@H]21. The van der Waals surface area contributed by atoms with Crippen LogP contribution in [0.5, 0.6) is 0 Å². The van der Waals surface area contributed by atoms with Crippen LogP contribution in [0, 0.1) is 6.92 Å². The number of benzene rings is 1. The molecule has 1 aromatic rings. The summed E-state index contributed by atoms with van der Waals surface area (Å²) in [6.07, 6.45) is 0. The Morgan fingerprint density at radius 1 is 1.12 bits per heavy atom. The number of nitrogens with zero attached hydrogens (tertiary/aromatic N) is 3. The van der Waals surface area contributed by atoms with Crippen molar-refractivity contribution in [1.82, 2.24) is 14.7 Å². The monoisotopic (exact) mass is 365 g/mol. The quantitative estimate of drug-likeness (QED) is 0.771. The maximum absolute atomic E-state index is 12.3. The highest BCUT2D eigenvalue weighted by Crippen LogP contribution is 2.28. The van der Waals surface area contributed by atoms with Crippen molar-refractivity contribution in [1.29, 1.82) is 0 Å². The summed E-state index contributed by atoms with van der Waals surface area (Å²) in [5, 5.41) is 0. The van der Waals surface area contributed by atoms with Gasteiger partial charge >= 0.3 is 0 Å². The molecule has 6 nitrogen and oxygen atoms in total. The Hall–Kier alpha value is -1.44. The van der Waals surface area contributed by atoms with Gasteiger partial charge in [-0.2, -0.15) is 0 Å². The van der Waals surface area contributed by atoms with Crippen LogP contribution in [-0.4, -0.2) is 86.3 Å². The molecule has 0 spiro atoms. The Kier molecular flexibility index (Phi) is 5.18. The van der Waals surface area contributed by atoms with Crippen LogP contribution in [0.2, 0.25) is 0 Å². The number of rotatable bonds is 4. The van der Waals surface area contributed by atoms with Crippen LogP contribution >= 0.6 is 0 Å². The summed E-state index contributed by atoms with van der Waals surface area (Å²) in [5.41, 5.74) is 2.47. The van der Waals surface area contributed by atoms with Crippen molar-refractivity contribution in [3.63, 3.8) is 0 Å². The highest BCUT2D eigenvalue weighted by atomic mass is 32.2. The van der Waals surface area contributed by atoms with Gasteiger partial charge < -0.3 is 4.90 Å². The second-order valence-electron chi connectivity index (χ2n) is 7.37. The number of hydrogen-bond acceptors (Lipinski definition) is 5. The lowest BCUT2D eigenvalue weighted by Crippen LogP contribution is -2.60. The molecular formula is C18H27N3O3S. The lowest BCUT2D eigenvalue weighted by Gasteiger charge is -2.44. The predicted octanol–water partition coefficient (Wildman–Crippen LogP) is 0.366. The van der Waals surface area contributed by atoms with Gasteiger partial charge in [0.15, 0.2) is 9.84 Å². The summed E-state index contributed by atoms with van der Waals surface area (Å²) in [6, 6.07) is 8.11. The fourth-order valence-electron chi connectivity index (χ4n) is 3.81. The molecule has 0 N–H and O–H groups in total. The molecule has 2 atom stereocenters. The largest absolute Gasteiger partial charge is 0.348 e. The van der Waals surface area contributed by atoms with Gasteiger partial charge in [-0.3, -0.25) is 14.6 Å². The van der Waals surface area contributed by atoms with Gasteiger partial charge in [0.25, 0.3) is 0 Å².